The molecule has 2 aromatic carbocycles. The molecule has 3 aromatic heterocycles. The average Bonchev–Trinajstić information content (AvgIpc) is 3.06. The SMILES string of the molecule is Fc1cccc(-c2cc(-c3ccccn3)n3c(n2)nc2ccccc23)c1. The Hall–Kier alpha value is -3.60. The molecular weight excluding hydrogens is 327 g/mol. The first kappa shape index (κ1) is 14.7. The molecule has 5 heteroatoms. The molecule has 0 saturated heterocycles. The van der Waals surface area contributed by atoms with E-state index in [1.54, 1.807) is 12.3 Å². The van der Waals surface area contributed by atoms with Crippen LogP contribution in [0.1, 0.15) is 0 Å². The molecule has 26 heavy (non-hydrogen) atoms. The summed E-state index contributed by atoms with van der Waals surface area (Å²) in [6.45, 7) is 0. The van der Waals surface area contributed by atoms with Gasteiger partial charge in [-0.25, -0.2) is 14.4 Å². The smallest absolute Gasteiger partial charge is 0.235 e. The second-order valence-corrected chi connectivity index (χ2v) is 5.99. The fourth-order valence-corrected chi connectivity index (χ4v) is 3.16. The van der Waals surface area contributed by atoms with Crippen LogP contribution in [0.4, 0.5) is 4.39 Å². The summed E-state index contributed by atoms with van der Waals surface area (Å²) in [7, 11) is 0. The summed E-state index contributed by atoms with van der Waals surface area (Å²) in [5.41, 5.74) is 4.85. The van der Waals surface area contributed by atoms with Gasteiger partial charge in [0, 0.05) is 11.8 Å². The molecule has 0 fully saturated rings. The highest BCUT2D eigenvalue weighted by molar-refractivity contribution is 5.83. The number of pyridine rings is 1. The van der Waals surface area contributed by atoms with E-state index in [1.807, 2.05) is 59.0 Å². The first-order chi connectivity index (χ1) is 12.8. The Balaban J connectivity index is 1.89. The normalized spacial score (nSPS) is 11.3. The largest absolute Gasteiger partial charge is 0.275 e. The zero-order valence-electron chi connectivity index (χ0n) is 13.7. The third-order valence-corrected chi connectivity index (χ3v) is 4.33. The Morgan fingerprint density at radius 1 is 0.769 bits per heavy atom. The van der Waals surface area contributed by atoms with Crippen LogP contribution in [-0.4, -0.2) is 19.4 Å². The summed E-state index contributed by atoms with van der Waals surface area (Å²) >= 11 is 0. The number of rotatable bonds is 2. The second kappa shape index (κ2) is 5.74. The quantitative estimate of drug-likeness (QED) is 0.466. The summed E-state index contributed by atoms with van der Waals surface area (Å²) in [5, 5.41) is 0. The number of hydrogen-bond donors (Lipinski definition) is 0. The van der Waals surface area contributed by atoms with Crippen molar-refractivity contribution in [3.63, 3.8) is 0 Å². The van der Waals surface area contributed by atoms with Crippen molar-refractivity contribution in [2.45, 2.75) is 0 Å². The van der Waals surface area contributed by atoms with Gasteiger partial charge in [0.2, 0.25) is 5.78 Å². The maximum Gasteiger partial charge on any atom is 0.235 e. The molecule has 0 unspecified atom stereocenters. The van der Waals surface area contributed by atoms with Crippen molar-refractivity contribution in [2.75, 3.05) is 0 Å². The van der Waals surface area contributed by atoms with Crippen LogP contribution in [-0.2, 0) is 0 Å². The number of imidazole rings is 1. The number of fused-ring (bicyclic) bond motifs is 3. The average molecular weight is 340 g/mol. The van der Waals surface area contributed by atoms with Gasteiger partial charge in [-0.05, 0) is 42.5 Å². The molecule has 3 heterocycles. The Morgan fingerprint density at radius 3 is 2.50 bits per heavy atom. The summed E-state index contributed by atoms with van der Waals surface area (Å²) in [4.78, 5) is 13.8. The number of para-hydroxylation sites is 2. The summed E-state index contributed by atoms with van der Waals surface area (Å²) in [6.07, 6.45) is 1.75. The molecule has 0 N–H and O–H groups in total. The van der Waals surface area contributed by atoms with E-state index in [2.05, 4.69) is 15.0 Å². The van der Waals surface area contributed by atoms with Gasteiger partial charge in [0.05, 0.1) is 28.1 Å². The van der Waals surface area contributed by atoms with Crippen LogP contribution in [0.5, 0.6) is 0 Å². The molecule has 0 aliphatic heterocycles. The van der Waals surface area contributed by atoms with Crippen LogP contribution in [0.15, 0.2) is 79.0 Å². The summed E-state index contributed by atoms with van der Waals surface area (Å²) in [5.74, 6) is 0.269. The van der Waals surface area contributed by atoms with Crippen LogP contribution >= 0.6 is 0 Å². The van der Waals surface area contributed by atoms with Gasteiger partial charge in [-0.3, -0.25) is 9.38 Å². The zero-order valence-corrected chi connectivity index (χ0v) is 13.7. The van der Waals surface area contributed by atoms with E-state index in [-0.39, 0.29) is 5.82 Å². The Kier molecular flexibility index (Phi) is 3.25. The first-order valence-electron chi connectivity index (χ1n) is 8.25. The maximum atomic E-state index is 13.7. The van der Waals surface area contributed by atoms with Crippen LogP contribution in [0.3, 0.4) is 0 Å². The Labute approximate surface area is 148 Å². The van der Waals surface area contributed by atoms with Crippen molar-refractivity contribution in [1.29, 1.82) is 0 Å². The maximum absolute atomic E-state index is 13.7. The Morgan fingerprint density at radius 2 is 1.65 bits per heavy atom. The van der Waals surface area contributed by atoms with Gasteiger partial charge in [0.1, 0.15) is 5.82 Å². The summed E-state index contributed by atoms with van der Waals surface area (Å²) in [6, 6.07) is 22.0. The minimum atomic E-state index is -0.294. The predicted octanol–water partition coefficient (Wildman–Crippen LogP) is 4.75. The highest BCUT2D eigenvalue weighted by atomic mass is 19.1. The van der Waals surface area contributed by atoms with E-state index in [0.29, 0.717) is 17.0 Å². The molecule has 0 aliphatic rings. The van der Waals surface area contributed by atoms with Gasteiger partial charge < -0.3 is 0 Å². The van der Waals surface area contributed by atoms with Gasteiger partial charge in [-0.2, -0.15) is 0 Å². The number of nitrogens with zero attached hydrogens (tertiary/aromatic N) is 4. The molecule has 0 atom stereocenters. The molecule has 0 spiro atoms. The third kappa shape index (κ3) is 2.33. The predicted molar refractivity (Wildman–Crippen MR) is 99.1 cm³/mol. The highest BCUT2D eigenvalue weighted by Crippen LogP contribution is 2.28. The van der Waals surface area contributed by atoms with Crippen molar-refractivity contribution < 1.29 is 4.39 Å². The van der Waals surface area contributed by atoms with Gasteiger partial charge in [-0.1, -0.05) is 30.3 Å². The fourth-order valence-electron chi connectivity index (χ4n) is 3.16. The zero-order chi connectivity index (χ0) is 17.5. The lowest BCUT2D eigenvalue weighted by Gasteiger charge is -2.09. The monoisotopic (exact) mass is 340 g/mol. The van der Waals surface area contributed by atoms with Gasteiger partial charge in [0.15, 0.2) is 0 Å². The van der Waals surface area contributed by atoms with Crippen molar-refractivity contribution in [3.8, 4) is 22.6 Å². The van der Waals surface area contributed by atoms with E-state index in [4.69, 9.17) is 0 Å². The number of benzene rings is 2. The molecule has 0 bridgehead atoms. The van der Waals surface area contributed by atoms with Gasteiger partial charge in [0.25, 0.3) is 0 Å². The van der Waals surface area contributed by atoms with E-state index in [0.717, 1.165) is 22.4 Å². The molecule has 5 aromatic rings. The molecule has 0 radical (unpaired) electrons. The summed E-state index contributed by atoms with van der Waals surface area (Å²) < 4.78 is 15.7. The van der Waals surface area contributed by atoms with Gasteiger partial charge in [-0.15, -0.1) is 0 Å². The minimum Gasteiger partial charge on any atom is -0.275 e. The molecule has 124 valence electrons. The lowest BCUT2D eigenvalue weighted by atomic mass is 10.1. The molecule has 0 saturated carbocycles. The highest BCUT2D eigenvalue weighted by Gasteiger charge is 2.14. The Bertz CT molecular complexity index is 1250. The molecule has 0 aliphatic carbocycles. The van der Waals surface area contributed by atoms with Crippen molar-refractivity contribution >= 4 is 16.8 Å². The number of hydrogen-bond acceptors (Lipinski definition) is 3. The topological polar surface area (TPSA) is 43.1 Å². The van der Waals surface area contributed by atoms with Crippen molar-refractivity contribution in [3.05, 3.63) is 84.8 Å². The van der Waals surface area contributed by atoms with Crippen LogP contribution < -0.4 is 0 Å². The van der Waals surface area contributed by atoms with E-state index in [1.165, 1.54) is 12.1 Å². The minimum absolute atomic E-state index is 0.294. The third-order valence-electron chi connectivity index (χ3n) is 4.33. The van der Waals surface area contributed by atoms with Gasteiger partial charge >= 0.3 is 0 Å². The second-order valence-electron chi connectivity index (χ2n) is 5.99. The molecule has 5 rings (SSSR count). The molecule has 4 nitrogen and oxygen atoms in total. The first-order valence-corrected chi connectivity index (χ1v) is 8.25. The van der Waals surface area contributed by atoms with Crippen molar-refractivity contribution in [1.82, 2.24) is 19.4 Å². The van der Waals surface area contributed by atoms with Crippen LogP contribution in [0.2, 0.25) is 0 Å². The fraction of sp³-hybridized carbons (Fsp3) is 0. The number of aromatic nitrogens is 4. The van der Waals surface area contributed by atoms with Crippen LogP contribution in [0.25, 0.3) is 39.5 Å². The lowest BCUT2D eigenvalue weighted by Crippen LogP contribution is -1.98. The van der Waals surface area contributed by atoms with E-state index < -0.39 is 0 Å². The standard InChI is InChI=1S/C21H13FN4/c22-15-7-5-6-14(12-15)18-13-20(16-8-3-4-11-23-16)26-19-10-2-1-9-17(19)24-21(26)25-18/h1-13H. The number of halogens is 1. The molecule has 0 amide bonds. The van der Waals surface area contributed by atoms with Crippen LogP contribution in [0, 0.1) is 5.82 Å². The molecular formula is C21H13FN4. The van der Waals surface area contributed by atoms with Crippen molar-refractivity contribution in [2.24, 2.45) is 0 Å². The van der Waals surface area contributed by atoms with E-state index >= 15 is 0 Å². The van der Waals surface area contributed by atoms with E-state index in [9.17, 15) is 4.39 Å². The lowest BCUT2D eigenvalue weighted by molar-refractivity contribution is 0.628.